The second-order valence-electron chi connectivity index (χ2n) is 17.6. The number of cyclic esters (lactones) is 1. The van der Waals surface area contributed by atoms with E-state index in [1.54, 1.807) is 52.0 Å². The summed E-state index contributed by atoms with van der Waals surface area (Å²) in [6.07, 6.45) is -1.37. The van der Waals surface area contributed by atoms with Gasteiger partial charge >= 0.3 is 5.97 Å². The van der Waals surface area contributed by atoms with Gasteiger partial charge in [0.25, 0.3) is 5.91 Å². The fourth-order valence-electron chi connectivity index (χ4n) is 7.76. The van der Waals surface area contributed by atoms with Crippen molar-refractivity contribution in [1.29, 1.82) is 0 Å². The number of hydrogen-bond donors (Lipinski definition) is 7. The Morgan fingerprint density at radius 3 is 2.11 bits per heavy atom. The van der Waals surface area contributed by atoms with Crippen LogP contribution in [-0.2, 0) is 49.5 Å². The van der Waals surface area contributed by atoms with Crippen LogP contribution < -0.4 is 36.7 Å². The van der Waals surface area contributed by atoms with Crippen molar-refractivity contribution in [3.8, 4) is 5.75 Å². The van der Waals surface area contributed by atoms with Crippen LogP contribution in [0.5, 0.6) is 5.75 Å². The van der Waals surface area contributed by atoms with Crippen LogP contribution in [0.2, 0.25) is 0 Å². The molecule has 63 heavy (non-hydrogen) atoms. The predicted molar refractivity (Wildman–Crippen MR) is 232 cm³/mol. The molecule has 19 nitrogen and oxygen atoms in total. The molecule has 0 radical (unpaired) electrons. The number of hydrogen-bond acceptors (Lipinski definition) is 12. The van der Waals surface area contributed by atoms with E-state index in [0.717, 1.165) is 5.01 Å². The van der Waals surface area contributed by atoms with Gasteiger partial charge in [0.1, 0.15) is 54.1 Å². The van der Waals surface area contributed by atoms with Gasteiger partial charge in [0, 0.05) is 26.4 Å². The largest absolute Gasteiger partial charge is 0.497 e. The highest BCUT2D eigenvalue weighted by Crippen LogP contribution is 2.22. The Bertz CT molecular complexity index is 1760. The van der Waals surface area contributed by atoms with E-state index in [4.69, 9.17) is 9.47 Å². The molecule has 0 spiro atoms. The maximum Gasteiger partial charge on any atom is 0.329 e. The van der Waals surface area contributed by atoms with Crippen molar-refractivity contribution < 1.29 is 52.9 Å². The average Bonchev–Trinajstić information content (AvgIpc) is 3.24. The molecule has 0 saturated carbocycles. The van der Waals surface area contributed by atoms with Crippen LogP contribution in [0.4, 0.5) is 0 Å². The Hall–Kier alpha value is -5.30. The average molecular weight is 887 g/mol. The molecule has 0 aromatic heterocycles. The van der Waals surface area contributed by atoms with Gasteiger partial charge < -0.3 is 46.1 Å². The Labute approximate surface area is 370 Å². The van der Waals surface area contributed by atoms with Crippen LogP contribution in [0.1, 0.15) is 93.6 Å². The summed E-state index contributed by atoms with van der Waals surface area (Å²) in [5, 5.41) is 25.3. The summed E-state index contributed by atoms with van der Waals surface area (Å²) in [5.74, 6) is -6.52. The third-order valence-corrected chi connectivity index (χ3v) is 11.9. The number of aliphatic hydroxyl groups is 1. The van der Waals surface area contributed by atoms with Gasteiger partial charge in [0.2, 0.25) is 35.9 Å². The topological polar surface area (TPSA) is 254 Å². The van der Waals surface area contributed by atoms with E-state index < -0.39 is 108 Å². The van der Waals surface area contributed by atoms with Crippen molar-refractivity contribution in [2.45, 2.75) is 149 Å². The van der Waals surface area contributed by atoms with E-state index >= 15 is 0 Å². The Morgan fingerprint density at radius 1 is 0.921 bits per heavy atom. The Balaban J connectivity index is 2.28. The first-order valence-corrected chi connectivity index (χ1v) is 21.9. The van der Waals surface area contributed by atoms with E-state index in [-0.39, 0.29) is 37.6 Å². The molecule has 2 fully saturated rings. The zero-order valence-electron chi connectivity index (χ0n) is 38.6. The van der Waals surface area contributed by atoms with Crippen LogP contribution >= 0.6 is 0 Å². The third kappa shape index (κ3) is 13.8. The van der Waals surface area contributed by atoms with E-state index in [1.807, 2.05) is 27.7 Å². The number of carbonyl (C=O) groups excluding carboxylic acids is 8. The van der Waals surface area contributed by atoms with Crippen molar-refractivity contribution >= 4 is 47.8 Å². The lowest BCUT2D eigenvalue weighted by Gasteiger charge is -2.41. The Morgan fingerprint density at radius 2 is 1.56 bits per heavy atom. The van der Waals surface area contributed by atoms with Crippen molar-refractivity contribution in [2.75, 3.05) is 20.7 Å². The molecule has 7 N–H and O–H groups in total. The second-order valence-corrected chi connectivity index (χ2v) is 17.6. The molecule has 2 aliphatic rings. The minimum atomic E-state index is -1.65. The number of amides is 7. The molecule has 1 unspecified atom stereocenters. The number of methoxy groups -OCH3 is 1. The molecule has 2 aliphatic heterocycles. The highest BCUT2D eigenvalue weighted by atomic mass is 16.5. The highest BCUT2D eigenvalue weighted by molar-refractivity contribution is 5.98. The molecule has 2 saturated heterocycles. The monoisotopic (exact) mass is 887 g/mol. The molecule has 7 amide bonds. The first kappa shape index (κ1) is 52.0. The van der Waals surface area contributed by atoms with Crippen LogP contribution in [0.25, 0.3) is 0 Å². The molecule has 1 aromatic carbocycles. The molecule has 19 heteroatoms. The summed E-state index contributed by atoms with van der Waals surface area (Å²) in [4.78, 5) is 113. The number of esters is 1. The Kier molecular flexibility index (Phi) is 19.8. The molecule has 3 rings (SSSR count). The summed E-state index contributed by atoms with van der Waals surface area (Å²) < 4.78 is 11.2. The SMILES string of the molecule is CC[C@@H](C)[C@H](NC=O)C(=O)N[C@@H]1C(=O)N[C@H](Cc2ccc(OC)cc2)C(=O)N[C@H]([C@@H](C)CC)C(=O)N2NC[C@@H](O)C[C@H]2C(=O)N[C@@H](CC(C)C)C(=O)N(C)C(C(C)C)C(=O)O[C@@H]1C. The van der Waals surface area contributed by atoms with Crippen molar-refractivity contribution in [1.82, 2.24) is 41.9 Å². The maximum atomic E-state index is 14.6. The summed E-state index contributed by atoms with van der Waals surface area (Å²) >= 11 is 0. The lowest BCUT2D eigenvalue weighted by molar-refractivity contribution is -0.163. The smallest absolute Gasteiger partial charge is 0.329 e. The minimum absolute atomic E-state index is 0.0896. The quantitative estimate of drug-likeness (QED) is 0.0986. The molecule has 2 heterocycles. The van der Waals surface area contributed by atoms with E-state index in [1.165, 1.54) is 26.0 Å². The van der Waals surface area contributed by atoms with Gasteiger partial charge in [0.05, 0.1) is 13.2 Å². The third-order valence-electron chi connectivity index (χ3n) is 11.9. The number of carbonyl (C=O) groups is 8. The van der Waals surface area contributed by atoms with E-state index in [9.17, 15) is 43.5 Å². The number of β-amino-alcohol motifs (C(OH)–C–C–N with tert-alkyl or cyclic N) is 1. The number of nitrogens with one attached hydrogen (secondary N) is 6. The normalized spacial score (nSPS) is 27.3. The number of likely N-dealkylation sites (N-methyl/N-ethyl adjacent to an activating group) is 1. The molecule has 352 valence electrons. The van der Waals surface area contributed by atoms with Crippen molar-refractivity contribution in [3.63, 3.8) is 0 Å². The van der Waals surface area contributed by atoms with Crippen LogP contribution in [0, 0.1) is 23.7 Å². The molecule has 11 atom stereocenters. The van der Waals surface area contributed by atoms with Crippen molar-refractivity contribution in [3.05, 3.63) is 29.8 Å². The van der Waals surface area contributed by atoms with Crippen LogP contribution in [0.15, 0.2) is 24.3 Å². The van der Waals surface area contributed by atoms with Crippen LogP contribution in [-0.4, -0.2) is 138 Å². The van der Waals surface area contributed by atoms with Gasteiger partial charge in [0.15, 0.2) is 0 Å². The number of fused-ring (bicyclic) bond motifs is 1. The summed E-state index contributed by atoms with van der Waals surface area (Å²) in [5.41, 5.74) is 3.43. The number of nitrogens with zero attached hydrogens (tertiary/aromatic N) is 2. The zero-order valence-corrected chi connectivity index (χ0v) is 38.6. The van der Waals surface area contributed by atoms with Crippen LogP contribution in [0.3, 0.4) is 0 Å². The number of aliphatic hydroxyl groups excluding tert-OH is 1. The predicted octanol–water partition coefficient (Wildman–Crippen LogP) is 0.325. The molecular formula is C44H70N8O11. The molecule has 1 aromatic rings. The number of benzene rings is 1. The lowest BCUT2D eigenvalue weighted by Crippen LogP contribution is -2.67. The number of rotatable bonds is 14. The molecule has 0 aliphatic carbocycles. The number of hydrazine groups is 1. The van der Waals surface area contributed by atoms with Gasteiger partial charge in [-0.2, -0.15) is 0 Å². The number of ether oxygens (including phenoxy) is 2. The molecule has 0 bridgehead atoms. The standard InChI is InChI=1S/C44H70N8O11/c1-12-25(7)34(45-22-53)40(57)50-36-27(9)63-44(61)37(24(5)6)51(10)42(59)32(18-23(3)4)48-39(56)33-20-29(54)21-46-52(33)43(60)35(26(8)13-2)49-38(55)31(47-41(36)58)19-28-14-16-30(62-11)17-15-28/h14-17,22-27,29,31-37,46,54H,12-13,18-21H2,1-11H3,(H,45,53)(H,47,58)(H,48,56)(H,49,55)(H,50,57)/t25-,26+,27-,29+,31-,32+,33+,34+,35-,36+,37?/m1/s1. The summed E-state index contributed by atoms with van der Waals surface area (Å²) in [6, 6.07) is -2.42. The first-order chi connectivity index (χ1) is 29.7. The van der Waals surface area contributed by atoms with E-state index in [0.29, 0.717) is 30.6 Å². The summed E-state index contributed by atoms with van der Waals surface area (Å²) in [6.45, 7) is 15.5. The lowest BCUT2D eigenvalue weighted by atomic mass is 9.95. The van der Waals surface area contributed by atoms with Gasteiger partial charge in [-0.3, -0.25) is 38.6 Å². The van der Waals surface area contributed by atoms with Gasteiger partial charge in [-0.05, 0) is 54.7 Å². The van der Waals surface area contributed by atoms with Gasteiger partial charge in [-0.25, -0.2) is 10.2 Å². The van der Waals surface area contributed by atoms with Crippen molar-refractivity contribution in [2.24, 2.45) is 23.7 Å². The highest BCUT2D eigenvalue weighted by Gasteiger charge is 2.44. The second kappa shape index (κ2) is 24.0. The minimum Gasteiger partial charge on any atom is -0.497 e. The maximum absolute atomic E-state index is 14.6. The zero-order chi connectivity index (χ0) is 47.3. The van der Waals surface area contributed by atoms with Gasteiger partial charge in [-0.15, -0.1) is 0 Å². The van der Waals surface area contributed by atoms with Gasteiger partial charge in [-0.1, -0.05) is 80.4 Å². The fourth-order valence-corrected chi connectivity index (χ4v) is 7.76. The fraction of sp³-hybridized carbons (Fsp3) is 0.682. The van der Waals surface area contributed by atoms with E-state index in [2.05, 4.69) is 32.0 Å². The summed E-state index contributed by atoms with van der Waals surface area (Å²) in [7, 11) is 2.89. The first-order valence-electron chi connectivity index (χ1n) is 21.9. The molecular weight excluding hydrogens is 817 g/mol.